The number of carbonyl (C=O) groups excluding carboxylic acids is 5. The molecule has 0 unspecified atom stereocenters. The van der Waals surface area contributed by atoms with Gasteiger partial charge < -0.3 is 0 Å². The van der Waals surface area contributed by atoms with Crippen molar-refractivity contribution in [1.29, 1.82) is 0 Å². The van der Waals surface area contributed by atoms with Gasteiger partial charge in [0.15, 0.2) is 0 Å². The van der Waals surface area contributed by atoms with Crippen LogP contribution in [-0.2, 0) is 35.8 Å². The van der Waals surface area contributed by atoms with Crippen LogP contribution in [0, 0.1) is 20.8 Å². The molecule has 0 N–H and O–H groups in total. The maximum atomic E-state index is 13.6. The molecule has 0 bridgehead atoms. The van der Waals surface area contributed by atoms with Gasteiger partial charge in [-0.2, -0.15) is 0 Å². The summed E-state index contributed by atoms with van der Waals surface area (Å²) >= 11 is 0. The van der Waals surface area contributed by atoms with Crippen molar-refractivity contribution < 1.29 is 41.5 Å². The molecule has 0 aliphatic carbocycles. The first-order valence-electron chi connectivity index (χ1n) is 40.7. The van der Waals surface area contributed by atoms with E-state index in [0.717, 1.165) is 116 Å². The summed E-state index contributed by atoms with van der Waals surface area (Å²) in [4.78, 5) is 96.4. The third-order valence-corrected chi connectivity index (χ3v) is 21.1. The molecule has 0 radical (unpaired) electrons. The average molecular weight is 1660 g/mol. The molecular weight excluding hydrogens is 1580 g/mol. The summed E-state index contributed by atoms with van der Waals surface area (Å²) in [7, 11) is 0. The Balaban J connectivity index is 0.000000116. The van der Waals surface area contributed by atoms with E-state index in [0.29, 0.717) is 39.8 Å². The number of halogens is 4. The van der Waals surface area contributed by atoms with E-state index >= 15 is 0 Å². The fraction of sp³-hybridized carbons (Fsp3) is 0.0654. The summed E-state index contributed by atoms with van der Waals surface area (Å²) < 4.78 is 54.0. The van der Waals surface area contributed by atoms with E-state index in [1.165, 1.54) is 53.6 Å². The predicted octanol–water partition coefficient (Wildman–Crippen LogP) is 25.6. The Kier molecular flexibility index (Phi) is 24.2. The molecule has 5 amide bonds. The lowest BCUT2D eigenvalue weighted by Crippen LogP contribution is -2.25. The lowest BCUT2D eigenvalue weighted by Gasteiger charge is -2.16. The van der Waals surface area contributed by atoms with Gasteiger partial charge in [0.25, 0.3) is 41.4 Å². The number of aliphatic imine (C=N–C) groups is 5. The van der Waals surface area contributed by atoms with Crippen LogP contribution in [-0.4, -0.2) is 58.1 Å². The summed E-state index contributed by atoms with van der Waals surface area (Å²) in [5, 5.41) is 0. The molecule has 126 heavy (non-hydrogen) atoms. The molecule has 0 spiro atoms. The lowest BCUT2D eigenvalue weighted by atomic mass is 10.1. The largest absolute Gasteiger partial charge is 0.282 e. The molecule has 616 valence electrons. The van der Waals surface area contributed by atoms with Crippen molar-refractivity contribution in [2.24, 2.45) is 25.0 Å². The van der Waals surface area contributed by atoms with E-state index in [1.54, 1.807) is 30.6 Å². The van der Waals surface area contributed by atoms with E-state index in [1.807, 2.05) is 367 Å². The van der Waals surface area contributed by atoms with Gasteiger partial charge in [-0.1, -0.05) is 254 Å². The summed E-state index contributed by atoms with van der Waals surface area (Å²) in [6.07, 6.45) is 0. The Bertz CT molecular complexity index is 6600. The average Bonchev–Trinajstić information content (AvgIpc) is 1.64. The summed E-state index contributed by atoms with van der Waals surface area (Å²) in [5.74, 6) is -6.69. The molecule has 0 saturated carbocycles. The quantitative estimate of drug-likeness (QED) is 0.111. The number of hydrogen-bond acceptors (Lipinski definition) is 10. The molecule has 15 aromatic rings. The maximum absolute atomic E-state index is 13.6. The van der Waals surface area contributed by atoms with Crippen molar-refractivity contribution >= 4 is 143 Å². The fourth-order valence-electron chi connectivity index (χ4n) is 15.0. The van der Waals surface area contributed by atoms with Gasteiger partial charge in [-0.3, -0.25) is 48.5 Å². The molecule has 5 aliphatic rings. The molecule has 20 rings (SSSR count). The Labute approximate surface area is 726 Å². The van der Waals surface area contributed by atoms with Crippen LogP contribution in [0.3, 0.4) is 0 Å². The van der Waals surface area contributed by atoms with E-state index in [4.69, 9.17) is 0 Å². The van der Waals surface area contributed by atoms with Gasteiger partial charge in [0.05, 0.1) is 56.9 Å². The van der Waals surface area contributed by atoms with Crippen molar-refractivity contribution in [2.45, 2.75) is 46.5 Å². The molecule has 0 fully saturated rings. The Morgan fingerprint density at radius 2 is 0.429 bits per heavy atom. The Hall–Kier alpha value is -16.3. The van der Waals surface area contributed by atoms with E-state index < -0.39 is 11.8 Å². The second kappa shape index (κ2) is 36.6. The zero-order chi connectivity index (χ0) is 87.6. The molecule has 15 aromatic carbocycles. The monoisotopic (exact) mass is 1660 g/mol. The molecule has 0 aromatic heterocycles. The number of hydrogen-bond donors (Lipinski definition) is 0. The predicted molar refractivity (Wildman–Crippen MR) is 497 cm³/mol. The molecule has 19 heteroatoms. The summed E-state index contributed by atoms with van der Waals surface area (Å²) in [5.41, 5.74) is 20.5. The molecule has 5 heterocycles. The minimum atomic E-state index is -2.97. The van der Waals surface area contributed by atoms with Crippen LogP contribution in [0.15, 0.2) is 419 Å². The second-order valence-corrected chi connectivity index (χ2v) is 30.2. The molecule has 5 aliphatic heterocycles. The van der Waals surface area contributed by atoms with Crippen molar-refractivity contribution in [3.63, 3.8) is 0 Å². The van der Waals surface area contributed by atoms with Crippen LogP contribution in [0.5, 0.6) is 0 Å². The number of aryl methyl sites for hydroxylation is 3. The number of para-hydroxylation sites is 10. The smallest absolute Gasteiger partial charge is 0.275 e. The lowest BCUT2D eigenvalue weighted by molar-refractivity contribution is -0.112. The topological polar surface area (TPSA) is 163 Å². The van der Waals surface area contributed by atoms with Crippen LogP contribution in [0.4, 0.5) is 103 Å². The summed E-state index contributed by atoms with van der Waals surface area (Å²) in [6, 6.07) is 121. The number of alkyl halides is 4. The minimum Gasteiger partial charge on any atom is -0.275 e. The highest BCUT2D eigenvalue weighted by Gasteiger charge is 2.40. The third-order valence-electron chi connectivity index (χ3n) is 21.1. The number of carbonyl (C=O) groups is 5. The zero-order valence-electron chi connectivity index (χ0n) is 69.1. The van der Waals surface area contributed by atoms with Crippen molar-refractivity contribution in [2.75, 3.05) is 24.5 Å². The number of nitrogens with zero attached hydrogens (tertiary/aromatic N) is 10. The van der Waals surface area contributed by atoms with Crippen molar-refractivity contribution in [1.82, 2.24) is 0 Å². The maximum Gasteiger partial charge on any atom is 0.282 e. The van der Waals surface area contributed by atoms with Crippen molar-refractivity contribution in [3.05, 3.63) is 450 Å². The van der Waals surface area contributed by atoms with Crippen LogP contribution in [0.2, 0.25) is 0 Å². The fourth-order valence-corrected chi connectivity index (χ4v) is 15.0. The first-order valence-corrected chi connectivity index (χ1v) is 40.7. The van der Waals surface area contributed by atoms with E-state index in [-0.39, 0.29) is 46.4 Å². The Morgan fingerprint density at radius 1 is 0.206 bits per heavy atom. The molecule has 0 atom stereocenters. The Morgan fingerprint density at radius 3 is 0.683 bits per heavy atom. The highest BCUT2D eigenvalue weighted by atomic mass is 19.3. The standard InChI is InChI=1S/2C22H16F2N2O.3C21H16N2O/c1-22(23,24)15-8-7-9-16(14-15)25-20-18-12-5-6-13-19(18)26(21(20)27)17-10-3-2-4-11-17;1-22(23,24)15-11-13-16(14-12-15)25-20-18-9-5-6-10-19(18)26(21(20)27)17-7-3-2-4-8-17;1-15-8-7-9-16(14-15)22-20-18-12-5-6-13-19(18)23(21(20)24)17-10-3-2-4-11-17;2*1-15-11-13-16(14-12-15)22-20-18-9-5-6-10-19(18)23(21(20)24)17-7-3-2-4-8-17/h2*2-14H,1H3;3*2-14H,1H3. The second-order valence-electron chi connectivity index (χ2n) is 30.2. The van der Waals surface area contributed by atoms with Crippen LogP contribution in [0.25, 0.3) is 0 Å². The number of fused-ring (bicyclic) bond motifs is 5. The van der Waals surface area contributed by atoms with Gasteiger partial charge in [0, 0.05) is 81.2 Å². The molecule has 15 nitrogen and oxygen atoms in total. The zero-order valence-corrected chi connectivity index (χ0v) is 69.1. The van der Waals surface area contributed by atoms with Gasteiger partial charge in [-0.15, -0.1) is 0 Å². The number of benzene rings is 15. The highest BCUT2D eigenvalue weighted by Crippen LogP contribution is 2.44. The van der Waals surface area contributed by atoms with Crippen LogP contribution < -0.4 is 24.5 Å². The number of amides is 5. The van der Waals surface area contributed by atoms with Crippen LogP contribution in [0.1, 0.15) is 69.5 Å². The van der Waals surface area contributed by atoms with Gasteiger partial charge >= 0.3 is 0 Å². The molecule has 0 saturated heterocycles. The van der Waals surface area contributed by atoms with Gasteiger partial charge in [-0.05, 0) is 178 Å². The number of anilines is 10. The number of rotatable bonds is 12. The highest BCUT2D eigenvalue weighted by molar-refractivity contribution is 6.59. The van der Waals surface area contributed by atoms with Crippen molar-refractivity contribution in [3.8, 4) is 0 Å². The SMILES string of the molecule is CC(F)(F)c1ccc(N=C2C(=O)N(c3ccccc3)c3ccccc32)cc1.CC(F)(F)c1cccc(N=C2C(=O)N(c3ccccc3)c3ccccc32)c1.Cc1ccc(N=C2C(=O)N(c3ccccc3)c3ccccc32)cc1.Cc1ccc(N=C2C(=O)N(c3ccccc3)c3ccccc32)cc1.Cc1cccc(N=C2C(=O)N(c3ccccc3)c3ccccc32)c1. The minimum absolute atomic E-state index is 0.0875. The van der Waals surface area contributed by atoms with Gasteiger partial charge in [-0.25, -0.2) is 42.5 Å². The normalized spacial score (nSPS) is 15.1. The first-order chi connectivity index (χ1) is 61.1. The third kappa shape index (κ3) is 18.0. The van der Waals surface area contributed by atoms with Gasteiger partial charge in [0.1, 0.15) is 28.6 Å². The van der Waals surface area contributed by atoms with Crippen LogP contribution >= 0.6 is 0 Å². The summed E-state index contributed by atoms with van der Waals surface area (Å²) in [6.45, 7) is 7.77. The molecular formula is C107H80F4N10O5. The van der Waals surface area contributed by atoms with E-state index in [9.17, 15) is 41.5 Å². The van der Waals surface area contributed by atoms with Gasteiger partial charge in [0.2, 0.25) is 0 Å². The first kappa shape index (κ1) is 83.4. The van der Waals surface area contributed by atoms with E-state index in [2.05, 4.69) is 25.0 Å².